The van der Waals surface area contributed by atoms with E-state index in [1.807, 2.05) is 55.5 Å². The molecule has 6 rings (SSSR count). The summed E-state index contributed by atoms with van der Waals surface area (Å²) in [6.07, 6.45) is 10.8. The number of halogens is 1. The van der Waals surface area contributed by atoms with Gasteiger partial charge in [-0.05, 0) is 90.9 Å². The van der Waals surface area contributed by atoms with E-state index < -0.39 is 0 Å². The van der Waals surface area contributed by atoms with Crippen LogP contribution in [0.3, 0.4) is 0 Å². The molecule has 3 N–H and O–H groups in total. The topological polar surface area (TPSA) is 69.4 Å². The van der Waals surface area contributed by atoms with Crippen LogP contribution in [0.25, 0.3) is 50.0 Å². The van der Waals surface area contributed by atoms with Gasteiger partial charge in [0.25, 0.3) is 0 Å². The molecule has 0 unspecified atom stereocenters. The number of hydrogen-bond donors (Lipinski definition) is 3. The third-order valence-electron chi connectivity index (χ3n) is 7.75. The van der Waals surface area contributed by atoms with Crippen LogP contribution in [0.1, 0.15) is 38.3 Å². The highest BCUT2D eigenvalue weighted by Crippen LogP contribution is 2.34. The van der Waals surface area contributed by atoms with Gasteiger partial charge in [-0.3, -0.25) is 5.10 Å². The number of benzene rings is 2. The van der Waals surface area contributed by atoms with Gasteiger partial charge in [-0.1, -0.05) is 56.3 Å². The number of H-pyrrole nitrogens is 2. The van der Waals surface area contributed by atoms with E-state index in [-0.39, 0.29) is 5.82 Å². The lowest BCUT2D eigenvalue weighted by molar-refractivity contribution is 0.607. The van der Waals surface area contributed by atoms with Gasteiger partial charge in [0.05, 0.1) is 16.9 Å². The molecule has 1 aliphatic rings. The molecule has 3 aromatic heterocycles. The molecule has 2 aromatic carbocycles. The fraction of sp³-hybridized carbons (Fsp3) is 0.176. The number of fused-ring (bicyclic) bond motifs is 2. The lowest BCUT2D eigenvalue weighted by Gasteiger charge is -2.16. The highest BCUT2D eigenvalue weighted by Gasteiger charge is 2.19. The Morgan fingerprint density at radius 3 is 2.65 bits per heavy atom. The van der Waals surface area contributed by atoms with Crippen molar-refractivity contribution >= 4 is 27.5 Å². The second kappa shape index (κ2) is 10.8. The molecule has 5 nitrogen and oxygen atoms in total. The van der Waals surface area contributed by atoms with Gasteiger partial charge in [-0.25, -0.2) is 9.37 Å². The molecule has 40 heavy (non-hydrogen) atoms. The van der Waals surface area contributed by atoms with Crippen molar-refractivity contribution in [3.05, 3.63) is 115 Å². The minimum Gasteiger partial charge on any atom is -0.359 e. The molecule has 5 aromatic rings. The van der Waals surface area contributed by atoms with Crippen LogP contribution in [0.15, 0.2) is 103 Å². The standard InChI is InChI=1S/C34H32FN5/c1-4-22(19-26(5-2)36-21(3)23-10-6-7-11-23)29-16-17-31-33(38-29)34(40-39-31)32-20-28-27(14-9-15-30(28)37-32)24-12-8-13-25(35)18-24/h4-5,8-9,12-20,23,36-37H,2-3,6-7,10-11H2,1H3,(H,39,40)/b22-4+,26-19+. The lowest BCUT2D eigenvalue weighted by Crippen LogP contribution is -2.16. The van der Waals surface area contributed by atoms with Crippen LogP contribution < -0.4 is 5.32 Å². The van der Waals surface area contributed by atoms with Crippen LogP contribution in [0, 0.1) is 11.7 Å². The van der Waals surface area contributed by atoms with Gasteiger partial charge < -0.3 is 10.3 Å². The Morgan fingerprint density at radius 1 is 1.05 bits per heavy atom. The maximum absolute atomic E-state index is 14.0. The molecule has 6 heteroatoms. The molecule has 0 saturated heterocycles. The third kappa shape index (κ3) is 4.89. The summed E-state index contributed by atoms with van der Waals surface area (Å²) in [7, 11) is 0. The molecule has 0 amide bonds. The SMILES string of the molecule is C=C/C(=C\C(=C/C)c1ccc2[nH]nc(-c3cc4c(-c5cccc(F)c5)cccc4[nH]3)c2n1)NC(=C)C1CCCC1. The quantitative estimate of drug-likeness (QED) is 0.176. The predicted molar refractivity (Wildman–Crippen MR) is 163 cm³/mol. The predicted octanol–water partition coefficient (Wildman–Crippen LogP) is 8.68. The van der Waals surface area contributed by atoms with Crippen LogP contribution >= 0.6 is 0 Å². The highest BCUT2D eigenvalue weighted by atomic mass is 19.1. The molecule has 1 saturated carbocycles. The van der Waals surface area contributed by atoms with Crippen LogP contribution in [0.4, 0.5) is 4.39 Å². The third-order valence-corrected chi connectivity index (χ3v) is 7.75. The summed E-state index contributed by atoms with van der Waals surface area (Å²) in [5.74, 6) is 0.255. The summed E-state index contributed by atoms with van der Waals surface area (Å²) in [4.78, 5) is 8.52. The molecular formula is C34H32FN5. The zero-order valence-corrected chi connectivity index (χ0v) is 22.6. The molecule has 1 fully saturated rings. The zero-order valence-electron chi connectivity index (χ0n) is 22.6. The summed E-state index contributed by atoms with van der Waals surface area (Å²) in [5.41, 5.74) is 9.69. The average molecular weight is 530 g/mol. The number of rotatable bonds is 8. The van der Waals surface area contributed by atoms with Crippen LogP contribution in [0.5, 0.6) is 0 Å². The van der Waals surface area contributed by atoms with Gasteiger partial charge in [0.1, 0.15) is 17.0 Å². The molecule has 0 atom stereocenters. The smallest absolute Gasteiger partial charge is 0.135 e. The summed E-state index contributed by atoms with van der Waals surface area (Å²) in [5, 5.41) is 12.2. The van der Waals surface area contributed by atoms with Gasteiger partial charge in [-0.2, -0.15) is 5.10 Å². The van der Waals surface area contributed by atoms with E-state index in [0.717, 1.165) is 67.1 Å². The van der Waals surface area contributed by atoms with Gasteiger partial charge in [-0.15, -0.1) is 0 Å². The van der Waals surface area contributed by atoms with Crippen molar-refractivity contribution in [3.63, 3.8) is 0 Å². The van der Waals surface area contributed by atoms with E-state index in [1.54, 1.807) is 12.1 Å². The molecule has 0 spiro atoms. The highest BCUT2D eigenvalue weighted by molar-refractivity contribution is 6.00. The minimum atomic E-state index is -0.258. The van der Waals surface area contributed by atoms with Gasteiger partial charge in [0, 0.05) is 22.3 Å². The van der Waals surface area contributed by atoms with E-state index in [2.05, 4.69) is 45.8 Å². The second-order valence-corrected chi connectivity index (χ2v) is 10.3. The maximum Gasteiger partial charge on any atom is 0.135 e. The van der Waals surface area contributed by atoms with Gasteiger partial charge >= 0.3 is 0 Å². The summed E-state index contributed by atoms with van der Waals surface area (Å²) in [6, 6.07) is 18.7. The first-order valence-corrected chi connectivity index (χ1v) is 13.7. The van der Waals surface area contributed by atoms with Gasteiger partial charge in [0.15, 0.2) is 0 Å². The monoisotopic (exact) mass is 529 g/mol. The Morgan fingerprint density at radius 2 is 1.88 bits per heavy atom. The van der Waals surface area contributed by atoms with Crippen LogP contribution in [0.2, 0.25) is 0 Å². The first-order chi connectivity index (χ1) is 19.5. The largest absolute Gasteiger partial charge is 0.359 e. The van der Waals surface area contributed by atoms with Gasteiger partial charge in [0.2, 0.25) is 0 Å². The fourth-order valence-electron chi connectivity index (χ4n) is 5.62. The normalized spacial score (nSPS) is 14.8. The molecular weight excluding hydrogens is 497 g/mol. The molecule has 0 radical (unpaired) electrons. The fourth-order valence-corrected chi connectivity index (χ4v) is 5.62. The molecule has 0 bridgehead atoms. The van der Waals surface area contributed by atoms with Crippen LogP contribution in [-0.2, 0) is 0 Å². The van der Waals surface area contributed by atoms with E-state index >= 15 is 0 Å². The number of aromatic nitrogens is 4. The van der Waals surface area contributed by atoms with E-state index in [1.165, 1.54) is 31.7 Å². The number of nitrogens with one attached hydrogen (secondary N) is 3. The molecule has 3 heterocycles. The number of hydrogen-bond acceptors (Lipinski definition) is 3. The number of allylic oxidation sites excluding steroid dienone is 5. The lowest BCUT2D eigenvalue weighted by atomic mass is 10.0. The van der Waals surface area contributed by atoms with E-state index in [0.29, 0.717) is 5.92 Å². The molecule has 0 aliphatic heterocycles. The Kier molecular flexibility index (Phi) is 6.91. The van der Waals surface area contributed by atoms with Crippen molar-refractivity contribution in [2.24, 2.45) is 5.92 Å². The van der Waals surface area contributed by atoms with Crippen molar-refractivity contribution in [1.29, 1.82) is 0 Å². The number of pyridine rings is 1. The van der Waals surface area contributed by atoms with Crippen molar-refractivity contribution in [1.82, 2.24) is 25.5 Å². The van der Waals surface area contributed by atoms with Crippen molar-refractivity contribution < 1.29 is 4.39 Å². The van der Waals surface area contributed by atoms with Crippen molar-refractivity contribution in [2.75, 3.05) is 0 Å². The summed E-state index contributed by atoms with van der Waals surface area (Å²) < 4.78 is 14.0. The van der Waals surface area contributed by atoms with Crippen molar-refractivity contribution in [2.45, 2.75) is 32.6 Å². The first kappa shape index (κ1) is 25.6. The molecule has 1 aliphatic carbocycles. The Balaban J connectivity index is 1.36. The first-order valence-electron chi connectivity index (χ1n) is 13.7. The summed E-state index contributed by atoms with van der Waals surface area (Å²) in [6.45, 7) is 10.3. The number of nitrogens with zero attached hydrogens (tertiary/aromatic N) is 2. The average Bonchev–Trinajstić information content (AvgIpc) is 3.74. The van der Waals surface area contributed by atoms with Crippen molar-refractivity contribution in [3.8, 4) is 22.5 Å². The zero-order chi connectivity index (χ0) is 27.6. The van der Waals surface area contributed by atoms with E-state index in [4.69, 9.17) is 4.98 Å². The second-order valence-electron chi connectivity index (χ2n) is 10.3. The minimum absolute atomic E-state index is 0.258. The summed E-state index contributed by atoms with van der Waals surface area (Å²) >= 11 is 0. The molecule has 200 valence electrons. The van der Waals surface area contributed by atoms with E-state index in [9.17, 15) is 4.39 Å². The Labute approximate surface area is 233 Å². The number of aromatic amines is 2. The Hall–Kier alpha value is -4.71. The van der Waals surface area contributed by atoms with Crippen LogP contribution in [-0.4, -0.2) is 20.2 Å². The Bertz CT molecular complexity index is 1800. The maximum atomic E-state index is 14.0.